The van der Waals surface area contributed by atoms with E-state index in [9.17, 15) is 17.6 Å². The Morgan fingerprint density at radius 3 is 2.55 bits per heavy atom. The van der Waals surface area contributed by atoms with Gasteiger partial charge in [0.25, 0.3) is 0 Å². The van der Waals surface area contributed by atoms with Gasteiger partial charge in [-0.05, 0) is 25.0 Å². The fraction of sp³-hybridized carbons (Fsp3) is 0.500. The molecular weight excluding hydrogens is 447 g/mol. The van der Waals surface area contributed by atoms with Crippen LogP contribution in [-0.2, 0) is 37.6 Å². The molecule has 0 N–H and O–H groups in total. The van der Waals surface area contributed by atoms with E-state index < -0.39 is 22.2 Å². The Morgan fingerprint density at radius 1 is 1.23 bits per heavy atom. The highest BCUT2D eigenvalue weighted by Gasteiger charge is 2.29. The number of piperidine rings is 1. The van der Waals surface area contributed by atoms with Crippen molar-refractivity contribution in [3.63, 3.8) is 0 Å². The number of fused-ring (bicyclic) bond motifs is 1. The first-order valence-corrected chi connectivity index (χ1v) is 12.5. The topological polar surface area (TPSA) is 95.0 Å². The van der Waals surface area contributed by atoms with Gasteiger partial charge in [-0.25, -0.2) is 9.37 Å². The van der Waals surface area contributed by atoms with Gasteiger partial charge < -0.3 is 18.6 Å². The maximum absolute atomic E-state index is 14.3. The summed E-state index contributed by atoms with van der Waals surface area (Å²) in [6, 6.07) is 2.42. The number of likely N-dealkylation sites (tertiary alicyclic amines) is 1. The van der Waals surface area contributed by atoms with Gasteiger partial charge in [-0.3, -0.25) is 4.79 Å². The molecule has 0 spiro atoms. The zero-order chi connectivity index (χ0) is 22.2. The Hall–Kier alpha value is -2.08. The summed E-state index contributed by atoms with van der Waals surface area (Å²) in [6.45, 7) is 2.82. The smallest absolute Gasteiger partial charge is 0.306 e. The summed E-state index contributed by atoms with van der Waals surface area (Å²) in [5, 5.41) is 2.82. The first kappa shape index (κ1) is 22.1. The summed E-state index contributed by atoms with van der Waals surface area (Å²) in [5.74, 6) is -0.135. The van der Waals surface area contributed by atoms with E-state index >= 15 is 0 Å². The minimum Gasteiger partial charge on any atom is -0.382 e. The van der Waals surface area contributed by atoms with E-state index in [2.05, 4.69) is 4.98 Å². The molecule has 8 nitrogen and oxygen atoms in total. The maximum Gasteiger partial charge on any atom is 0.306 e. The third-order valence-electron chi connectivity index (χ3n) is 5.40. The van der Waals surface area contributed by atoms with Crippen molar-refractivity contribution in [2.75, 3.05) is 19.3 Å². The van der Waals surface area contributed by atoms with Gasteiger partial charge in [-0.15, -0.1) is 11.3 Å². The second-order valence-corrected chi connectivity index (χ2v) is 10.1. The Bertz CT molecular complexity index is 1080. The fourth-order valence-electron chi connectivity index (χ4n) is 3.77. The lowest BCUT2D eigenvalue weighted by atomic mass is 9.97. The molecule has 2 aliphatic rings. The SMILES string of the molecule is CC(=O)N1CCC(c2nc(C3OCc4c(F)ccc(OS(C)(=O)=O)c4CO3)cs2)CC1. The molecule has 0 radical (unpaired) electrons. The van der Waals surface area contributed by atoms with Crippen LogP contribution < -0.4 is 4.18 Å². The van der Waals surface area contributed by atoms with Gasteiger partial charge in [0, 0.05) is 42.4 Å². The maximum atomic E-state index is 14.3. The van der Waals surface area contributed by atoms with Crippen molar-refractivity contribution in [1.29, 1.82) is 0 Å². The largest absolute Gasteiger partial charge is 0.382 e. The molecular formula is C20H23FN2O6S2. The van der Waals surface area contributed by atoms with Gasteiger partial charge >= 0.3 is 10.1 Å². The molecule has 1 unspecified atom stereocenters. The van der Waals surface area contributed by atoms with Crippen molar-refractivity contribution in [3.8, 4) is 5.75 Å². The fourth-order valence-corrected chi connectivity index (χ4v) is 5.25. The number of aromatic nitrogens is 1. The molecule has 1 aromatic carbocycles. The average Bonchev–Trinajstić information content (AvgIpc) is 3.09. The lowest BCUT2D eigenvalue weighted by Gasteiger charge is -2.30. The number of carbonyl (C=O) groups is 1. The van der Waals surface area contributed by atoms with Crippen LogP contribution in [0.25, 0.3) is 0 Å². The molecule has 3 heterocycles. The molecule has 2 aliphatic heterocycles. The molecule has 1 fully saturated rings. The van der Waals surface area contributed by atoms with Crippen LogP contribution in [0.4, 0.5) is 4.39 Å². The second-order valence-electron chi connectivity index (χ2n) is 7.63. The number of ether oxygens (including phenoxy) is 2. The van der Waals surface area contributed by atoms with Crippen molar-refractivity contribution < 1.29 is 31.3 Å². The van der Waals surface area contributed by atoms with Gasteiger partial charge in [-0.1, -0.05) is 0 Å². The van der Waals surface area contributed by atoms with Crippen LogP contribution in [0.3, 0.4) is 0 Å². The highest BCUT2D eigenvalue weighted by molar-refractivity contribution is 7.86. The van der Waals surface area contributed by atoms with Crippen LogP contribution in [0.2, 0.25) is 0 Å². The number of benzene rings is 1. The number of halogens is 1. The Kier molecular flexibility index (Phi) is 6.29. The zero-order valence-electron chi connectivity index (χ0n) is 17.2. The van der Waals surface area contributed by atoms with Crippen LogP contribution in [0.1, 0.15) is 53.8 Å². The van der Waals surface area contributed by atoms with E-state index in [1.54, 1.807) is 6.92 Å². The predicted molar refractivity (Wildman–Crippen MR) is 111 cm³/mol. The van der Waals surface area contributed by atoms with Crippen molar-refractivity contribution >= 4 is 27.4 Å². The Labute approximate surface area is 184 Å². The molecule has 11 heteroatoms. The number of nitrogens with zero attached hydrogens (tertiary/aromatic N) is 2. The van der Waals surface area contributed by atoms with Crippen molar-refractivity contribution in [3.05, 3.63) is 45.2 Å². The third-order valence-corrected chi connectivity index (χ3v) is 6.91. The van der Waals surface area contributed by atoms with Gasteiger partial charge in [-0.2, -0.15) is 8.42 Å². The van der Waals surface area contributed by atoms with Crippen molar-refractivity contribution in [2.24, 2.45) is 0 Å². The Balaban J connectivity index is 1.48. The van der Waals surface area contributed by atoms with Crippen LogP contribution in [0.15, 0.2) is 17.5 Å². The third kappa shape index (κ3) is 5.05. The van der Waals surface area contributed by atoms with Crippen molar-refractivity contribution in [2.45, 2.75) is 45.2 Å². The van der Waals surface area contributed by atoms with Crippen LogP contribution in [0, 0.1) is 5.82 Å². The molecule has 1 atom stereocenters. The van der Waals surface area contributed by atoms with Crippen molar-refractivity contribution in [1.82, 2.24) is 9.88 Å². The molecule has 0 saturated carbocycles. The highest BCUT2D eigenvalue weighted by atomic mass is 32.2. The lowest BCUT2D eigenvalue weighted by molar-refractivity contribution is -0.155. The summed E-state index contributed by atoms with van der Waals surface area (Å²) in [4.78, 5) is 18.0. The van der Waals surface area contributed by atoms with Gasteiger partial charge in [0.15, 0.2) is 0 Å². The van der Waals surface area contributed by atoms with Crippen LogP contribution in [0.5, 0.6) is 5.75 Å². The van der Waals surface area contributed by atoms with E-state index in [-0.39, 0.29) is 36.4 Å². The first-order valence-electron chi connectivity index (χ1n) is 9.85. The summed E-state index contributed by atoms with van der Waals surface area (Å²) in [7, 11) is -3.77. The summed E-state index contributed by atoms with van der Waals surface area (Å²) < 4.78 is 54.0. The number of hydrogen-bond donors (Lipinski definition) is 0. The molecule has 4 rings (SSSR count). The average molecular weight is 471 g/mol. The normalized spacial score (nSPS) is 20.2. The highest BCUT2D eigenvalue weighted by Crippen LogP contribution is 2.36. The molecule has 1 aromatic heterocycles. The van der Waals surface area contributed by atoms with Gasteiger partial charge in [0.2, 0.25) is 12.2 Å². The minimum atomic E-state index is -3.77. The zero-order valence-corrected chi connectivity index (χ0v) is 18.8. The van der Waals surface area contributed by atoms with E-state index in [1.165, 1.54) is 17.4 Å². The molecule has 0 bridgehead atoms. The lowest BCUT2D eigenvalue weighted by Crippen LogP contribution is -2.36. The second kappa shape index (κ2) is 8.81. The quantitative estimate of drug-likeness (QED) is 0.634. The molecule has 31 heavy (non-hydrogen) atoms. The standard InChI is InChI=1S/C20H23FN2O6S2/c1-12(24)23-7-5-13(6-8-23)19-22-17(11-30-19)20-27-9-14-15(10-28-20)18(4-3-16(14)21)29-31(2,25)26/h3-4,11,13,20H,5-10H2,1-2H3. The minimum absolute atomic E-state index is 0.0272. The number of hydrogen-bond acceptors (Lipinski definition) is 8. The Morgan fingerprint density at radius 2 is 1.90 bits per heavy atom. The van der Waals surface area contributed by atoms with Crippen LogP contribution in [-0.4, -0.2) is 43.6 Å². The van der Waals surface area contributed by atoms with E-state index in [4.69, 9.17) is 13.7 Å². The first-order chi connectivity index (χ1) is 14.7. The number of amides is 1. The predicted octanol–water partition coefficient (Wildman–Crippen LogP) is 3.09. The number of carbonyl (C=O) groups excluding carboxylic acids is 1. The van der Waals surface area contributed by atoms with Crippen LogP contribution >= 0.6 is 11.3 Å². The summed E-state index contributed by atoms with van der Waals surface area (Å²) in [5.41, 5.74) is 1.10. The van der Waals surface area contributed by atoms with Gasteiger partial charge in [0.1, 0.15) is 17.3 Å². The molecule has 1 saturated heterocycles. The number of thiazole rings is 1. The van der Waals surface area contributed by atoms with Gasteiger partial charge in [0.05, 0.1) is 24.5 Å². The monoisotopic (exact) mass is 470 g/mol. The molecule has 0 aliphatic carbocycles. The van der Waals surface area contributed by atoms with E-state index in [1.807, 2.05) is 10.3 Å². The summed E-state index contributed by atoms with van der Waals surface area (Å²) in [6.07, 6.45) is 1.82. The van der Waals surface area contributed by atoms with E-state index in [0.29, 0.717) is 24.3 Å². The van der Waals surface area contributed by atoms with E-state index in [0.717, 1.165) is 30.2 Å². The molecule has 1 amide bonds. The summed E-state index contributed by atoms with van der Waals surface area (Å²) >= 11 is 1.51. The molecule has 2 aromatic rings. The molecule has 168 valence electrons. The number of rotatable bonds is 4.